The summed E-state index contributed by atoms with van der Waals surface area (Å²) >= 11 is 0. The van der Waals surface area contributed by atoms with Gasteiger partial charge >= 0.3 is 12.4 Å². The highest BCUT2D eigenvalue weighted by molar-refractivity contribution is 7.89. The Kier molecular flexibility index (Phi) is 5.54. The van der Waals surface area contributed by atoms with E-state index in [-0.39, 0.29) is 9.95 Å². The van der Waals surface area contributed by atoms with Crippen molar-refractivity contribution in [1.82, 2.24) is 18.9 Å². The molecular formula is C17H14F6N4O2S. The lowest BCUT2D eigenvalue weighted by Crippen LogP contribution is -2.42. The molecule has 0 spiro atoms. The molecule has 0 saturated carbocycles. The van der Waals surface area contributed by atoms with Crippen molar-refractivity contribution < 1.29 is 34.8 Å². The lowest BCUT2D eigenvalue weighted by molar-refractivity contribution is -0.173. The molecule has 0 radical (unpaired) electrons. The van der Waals surface area contributed by atoms with E-state index in [1.54, 1.807) is 0 Å². The van der Waals surface area contributed by atoms with Gasteiger partial charge in [0.1, 0.15) is 12.4 Å². The van der Waals surface area contributed by atoms with Crippen LogP contribution in [0.2, 0.25) is 0 Å². The zero-order valence-corrected chi connectivity index (χ0v) is 16.0. The van der Waals surface area contributed by atoms with Gasteiger partial charge in [-0.15, -0.1) is 0 Å². The molecule has 2 aromatic heterocycles. The molecule has 3 rings (SSSR count). The third-order valence-corrected chi connectivity index (χ3v) is 6.26. The molecule has 0 aliphatic heterocycles. The topological polar surface area (TPSA) is 67.6 Å². The molecule has 0 aliphatic carbocycles. The maximum Gasteiger partial charge on any atom is 0.416 e. The van der Waals surface area contributed by atoms with E-state index >= 15 is 0 Å². The number of fused-ring (bicyclic) bond motifs is 1. The Morgan fingerprint density at radius 1 is 1.07 bits per heavy atom. The van der Waals surface area contributed by atoms with E-state index in [9.17, 15) is 34.8 Å². The van der Waals surface area contributed by atoms with E-state index < -0.39 is 51.0 Å². The number of hydrogen-bond donors (Lipinski definition) is 0. The van der Waals surface area contributed by atoms with Gasteiger partial charge in [-0.3, -0.25) is 0 Å². The third kappa shape index (κ3) is 4.12. The molecule has 0 aliphatic rings. The molecule has 0 saturated heterocycles. The first kappa shape index (κ1) is 22.0. The minimum atomic E-state index is -5.08. The Balaban J connectivity index is 2.09. The summed E-state index contributed by atoms with van der Waals surface area (Å²) in [6.45, 7) is 0.626. The maximum atomic E-state index is 13.9. The summed E-state index contributed by atoms with van der Waals surface area (Å²) in [7, 11) is -4.68. The molecule has 0 N–H and O–H groups in total. The van der Waals surface area contributed by atoms with E-state index in [1.165, 1.54) is 17.6 Å². The fourth-order valence-corrected chi connectivity index (χ4v) is 4.57. The van der Waals surface area contributed by atoms with Crippen LogP contribution in [0.25, 0.3) is 5.65 Å². The molecular weight excluding hydrogens is 438 g/mol. The number of pyridine rings is 1. The number of rotatable bonds is 5. The number of halogens is 6. The summed E-state index contributed by atoms with van der Waals surface area (Å²) in [4.78, 5) is 3.35. The zero-order chi connectivity index (χ0) is 22.3. The van der Waals surface area contributed by atoms with E-state index in [2.05, 4.69) is 10.1 Å². The summed E-state index contributed by atoms with van der Waals surface area (Å²) < 4.78 is 107. The normalized spacial score (nSPS) is 14.4. The SMILES string of the molecule is CCN([C@H](c1ccc(C(F)(F)F)cc1)C(F)(F)F)S(=O)(=O)c1ccn2ncnc2c1. The summed E-state index contributed by atoms with van der Waals surface area (Å²) in [6, 6.07) is 1.67. The van der Waals surface area contributed by atoms with Crippen molar-refractivity contribution in [2.24, 2.45) is 0 Å². The monoisotopic (exact) mass is 452 g/mol. The van der Waals surface area contributed by atoms with Crippen LogP contribution in [0, 0.1) is 0 Å². The fraction of sp³-hybridized carbons (Fsp3) is 0.294. The second kappa shape index (κ2) is 7.54. The summed E-state index contributed by atoms with van der Waals surface area (Å²) in [5, 5.41) is 3.78. The fourth-order valence-electron chi connectivity index (χ4n) is 2.96. The largest absolute Gasteiger partial charge is 0.416 e. The second-order valence-corrected chi connectivity index (χ2v) is 8.09. The summed E-state index contributed by atoms with van der Waals surface area (Å²) in [6.07, 6.45) is -7.45. The highest BCUT2D eigenvalue weighted by Crippen LogP contribution is 2.41. The van der Waals surface area contributed by atoms with Gasteiger partial charge in [-0.05, 0) is 23.8 Å². The highest BCUT2D eigenvalue weighted by Gasteiger charge is 2.49. The molecule has 3 aromatic rings. The molecule has 162 valence electrons. The Morgan fingerprint density at radius 3 is 2.23 bits per heavy atom. The van der Waals surface area contributed by atoms with Crippen LogP contribution in [0.1, 0.15) is 24.1 Å². The summed E-state index contributed by atoms with van der Waals surface area (Å²) in [5.41, 5.74) is -1.68. The lowest BCUT2D eigenvalue weighted by Gasteiger charge is -2.32. The van der Waals surface area contributed by atoms with Crippen LogP contribution < -0.4 is 0 Å². The average Bonchev–Trinajstić information content (AvgIpc) is 3.12. The zero-order valence-electron chi connectivity index (χ0n) is 15.2. The Bertz CT molecular complexity index is 1140. The van der Waals surface area contributed by atoms with Crippen molar-refractivity contribution in [2.75, 3.05) is 6.54 Å². The molecule has 1 aromatic carbocycles. The number of hydrogen-bond acceptors (Lipinski definition) is 4. The van der Waals surface area contributed by atoms with Crippen LogP contribution in [0.3, 0.4) is 0 Å². The van der Waals surface area contributed by atoms with Crippen LogP contribution in [0.4, 0.5) is 26.3 Å². The first-order chi connectivity index (χ1) is 13.9. The molecule has 0 fully saturated rings. The van der Waals surface area contributed by atoms with Gasteiger partial charge in [0.15, 0.2) is 5.65 Å². The van der Waals surface area contributed by atoms with Crippen molar-refractivity contribution in [2.45, 2.75) is 30.2 Å². The van der Waals surface area contributed by atoms with E-state index in [4.69, 9.17) is 0 Å². The molecule has 1 atom stereocenters. The van der Waals surface area contributed by atoms with Gasteiger partial charge in [0.2, 0.25) is 10.0 Å². The van der Waals surface area contributed by atoms with Crippen molar-refractivity contribution in [1.29, 1.82) is 0 Å². The van der Waals surface area contributed by atoms with Crippen molar-refractivity contribution >= 4 is 15.7 Å². The van der Waals surface area contributed by atoms with Gasteiger partial charge in [-0.2, -0.15) is 35.7 Å². The molecule has 13 heteroatoms. The predicted octanol–water partition coefficient (Wildman–Crippen LogP) is 4.06. The minimum Gasteiger partial charge on any atom is -0.221 e. The second-order valence-electron chi connectivity index (χ2n) is 6.20. The number of aromatic nitrogens is 3. The van der Waals surface area contributed by atoms with Crippen molar-refractivity contribution in [3.05, 3.63) is 60.0 Å². The molecule has 0 amide bonds. The number of benzene rings is 1. The van der Waals surface area contributed by atoms with Crippen molar-refractivity contribution in [3.8, 4) is 0 Å². The average molecular weight is 452 g/mol. The van der Waals surface area contributed by atoms with Gasteiger partial charge in [0, 0.05) is 18.8 Å². The number of nitrogens with zero attached hydrogens (tertiary/aromatic N) is 4. The molecule has 30 heavy (non-hydrogen) atoms. The third-order valence-electron chi connectivity index (χ3n) is 4.32. The van der Waals surface area contributed by atoms with Crippen LogP contribution in [0.15, 0.2) is 53.8 Å². The molecule has 6 nitrogen and oxygen atoms in total. The quantitative estimate of drug-likeness (QED) is 0.548. The van der Waals surface area contributed by atoms with E-state index in [0.29, 0.717) is 24.3 Å². The standard InChI is InChI=1S/C17H14F6N4O2S/c1-2-27(30(28,29)13-7-8-26-14(9-13)24-10-25-26)15(17(21,22)23)11-3-5-12(6-4-11)16(18,19)20/h3-10,15H,2H2,1H3/t15-/m1/s1. The first-order valence-electron chi connectivity index (χ1n) is 8.41. The van der Waals surface area contributed by atoms with Gasteiger partial charge < -0.3 is 0 Å². The van der Waals surface area contributed by atoms with Crippen molar-refractivity contribution in [3.63, 3.8) is 0 Å². The van der Waals surface area contributed by atoms with Gasteiger partial charge in [-0.1, -0.05) is 19.1 Å². The number of sulfonamides is 1. The summed E-state index contributed by atoms with van der Waals surface area (Å²) in [5.74, 6) is 0. The maximum absolute atomic E-state index is 13.9. The smallest absolute Gasteiger partial charge is 0.221 e. The molecule has 0 unspecified atom stereocenters. The van der Waals surface area contributed by atoms with E-state index in [0.717, 1.165) is 18.5 Å². The van der Waals surface area contributed by atoms with Crippen LogP contribution >= 0.6 is 0 Å². The first-order valence-corrected chi connectivity index (χ1v) is 9.85. The van der Waals surface area contributed by atoms with Crippen LogP contribution in [-0.2, 0) is 16.2 Å². The van der Waals surface area contributed by atoms with Gasteiger partial charge in [-0.25, -0.2) is 17.9 Å². The molecule has 0 bridgehead atoms. The Morgan fingerprint density at radius 2 is 1.70 bits per heavy atom. The number of alkyl halides is 6. The van der Waals surface area contributed by atoms with Gasteiger partial charge in [0.05, 0.1) is 10.5 Å². The lowest BCUT2D eigenvalue weighted by atomic mass is 10.0. The Hall–Kier alpha value is -2.67. The predicted molar refractivity (Wildman–Crippen MR) is 92.8 cm³/mol. The molecule has 2 heterocycles. The Labute approximate surface area is 166 Å². The van der Waals surface area contributed by atoms with Gasteiger partial charge in [0.25, 0.3) is 0 Å². The van der Waals surface area contributed by atoms with Crippen LogP contribution in [-0.4, -0.2) is 40.0 Å². The minimum absolute atomic E-state index is 0.102. The van der Waals surface area contributed by atoms with Crippen LogP contribution in [0.5, 0.6) is 0 Å². The highest BCUT2D eigenvalue weighted by atomic mass is 32.2. The van der Waals surface area contributed by atoms with E-state index in [1.807, 2.05) is 0 Å².